The van der Waals surface area contributed by atoms with Gasteiger partial charge in [-0.3, -0.25) is 9.69 Å². The van der Waals surface area contributed by atoms with Crippen LogP contribution in [-0.4, -0.2) is 49.2 Å². The molecule has 1 fully saturated rings. The van der Waals surface area contributed by atoms with Crippen LogP contribution in [0.2, 0.25) is 0 Å². The number of hydrogen-bond acceptors (Lipinski definition) is 4. The first-order chi connectivity index (χ1) is 7.70. The van der Waals surface area contributed by atoms with Crippen LogP contribution in [0.4, 0.5) is 0 Å². The molecule has 2 atom stereocenters. The van der Waals surface area contributed by atoms with Gasteiger partial charge >= 0.3 is 0 Å². The summed E-state index contributed by atoms with van der Waals surface area (Å²) in [5.41, 5.74) is 0. The number of ether oxygens (including phenoxy) is 1. The van der Waals surface area contributed by atoms with Crippen LogP contribution in [0.25, 0.3) is 0 Å². The van der Waals surface area contributed by atoms with E-state index in [9.17, 15) is 4.79 Å². The first kappa shape index (κ1) is 12.9. The molecule has 1 N–H and O–H groups in total. The second-order valence-electron chi connectivity index (χ2n) is 3.93. The summed E-state index contributed by atoms with van der Waals surface area (Å²) in [5.74, 6) is -0.00742. The fraction of sp³-hybridized carbons (Fsp3) is 0.818. The molecular weight excluding hydrogens is 206 g/mol. The van der Waals surface area contributed by atoms with E-state index in [-0.39, 0.29) is 18.0 Å². The third-order valence-electron chi connectivity index (χ3n) is 2.78. The lowest BCUT2D eigenvalue weighted by Crippen LogP contribution is -2.56. The molecule has 1 saturated heterocycles. The number of morpholine rings is 1. The number of likely N-dealkylation sites (N-methyl/N-ethyl adjacent to an activating group) is 1. The molecule has 16 heavy (non-hydrogen) atoms. The topological polar surface area (TPSA) is 65.4 Å². The average molecular weight is 225 g/mol. The van der Waals surface area contributed by atoms with E-state index in [1.807, 2.05) is 13.8 Å². The zero-order valence-electron chi connectivity index (χ0n) is 9.90. The molecule has 5 nitrogen and oxygen atoms in total. The quantitative estimate of drug-likeness (QED) is 0.738. The van der Waals surface area contributed by atoms with E-state index in [1.54, 1.807) is 0 Å². The molecule has 1 rings (SSSR count). The molecular formula is C11H19N3O2. The highest BCUT2D eigenvalue weighted by molar-refractivity contribution is 5.82. The number of carbonyl (C=O) groups is 1. The van der Waals surface area contributed by atoms with E-state index >= 15 is 0 Å². The second-order valence-corrected chi connectivity index (χ2v) is 3.93. The molecule has 90 valence electrons. The number of hydrogen-bond donors (Lipinski definition) is 1. The maximum absolute atomic E-state index is 11.8. The van der Waals surface area contributed by atoms with Gasteiger partial charge in [-0.15, -0.1) is 0 Å². The molecule has 0 spiro atoms. The number of rotatable bonds is 4. The van der Waals surface area contributed by atoms with E-state index < -0.39 is 0 Å². The van der Waals surface area contributed by atoms with Crippen LogP contribution in [0.15, 0.2) is 0 Å². The lowest BCUT2D eigenvalue weighted by molar-refractivity contribution is -0.134. The Bertz CT molecular complexity index is 275. The number of carbonyl (C=O) groups excluding carboxylic acids is 1. The Morgan fingerprint density at radius 3 is 3.12 bits per heavy atom. The van der Waals surface area contributed by atoms with Gasteiger partial charge in [-0.25, -0.2) is 0 Å². The third kappa shape index (κ3) is 3.19. The van der Waals surface area contributed by atoms with Crippen molar-refractivity contribution in [1.29, 1.82) is 5.26 Å². The Morgan fingerprint density at radius 1 is 1.75 bits per heavy atom. The molecule has 0 aromatic heterocycles. The van der Waals surface area contributed by atoms with Gasteiger partial charge in [0.15, 0.2) is 0 Å². The van der Waals surface area contributed by atoms with Crippen LogP contribution in [-0.2, 0) is 9.53 Å². The average Bonchev–Trinajstić information content (AvgIpc) is 2.30. The summed E-state index contributed by atoms with van der Waals surface area (Å²) in [6.45, 7) is 6.25. The molecule has 0 aliphatic carbocycles. The minimum atomic E-state index is -0.253. The van der Waals surface area contributed by atoms with E-state index in [0.29, 0.717) is 32.7 Å². The fourth-order valence-electron chi connectivity index (χ4n) is 1.91. The van der Waals surface area contributed by atoms with Gasteiger partial charge in [0.1, 0.15) is 6.04 Å². The molecule has 1 aliphatic rings. The third-order valence-corrected chi connectivity index (χ3v) is 2.78. The first-order valence-corrected chi connectivity index (χ1v) is 5.68. The van der Waals surface area contributed by atoms with E-state index in [2.05, 4.69) is 16.3 Å². The summed E-state index contributed by atoms with van der Waals surface area (Å²) < 4.78 is 5.32. The van der Waals surface area contributed by atoms with E-state index in [4.69, 9.17) is 10.00 Å². The largest absolute Gasteiger partial charge is 0.378 e. The molecule has 1 amide bonds. The summed E-state index contributed by atoms with van der Waals surface area (Å²) in [6, 6.07) is 1.99. The highest BCUT2D eigenvalue weighted by Crippen LogP contribution is 2.13. The minimum absolute atomic E-state index is 0.00742. The first-order valence-electron chi connectivity index (χ1n) is 5.68. The monoisotopic (exact) mass is 225 g/mol. The summed E-state index contributed by atoms with van der Waals surface area (Å²) in [7, 11) is 0. The highest BCUT2D eigenvalue weighted by Gasteiger charge is 2.31. The molecule has 0 aromatic carbocycles. The molecule has 0 saturated carbocycles. The summed E-state index contributed by atoms with van der Waals surface area (Å²) in [4.78, 5) is 13.9. The van der Waals surface area contributed by atoms with Gasteiger partial charge in [-0.1, -0.05) is 0 Å². The zero-order chi connectivity index (χ0) is 12.0. The Labute approximate surface area is 96.4 Å². The van der Waals surface area contributed by atoms with Crippen molar-refractivity contribution < 1.29 is 9.53 Å². The highest BCUT2D eigenvalue weighted by atomic mass is 16.5. The lowest BCUT2D eigenvalue weighted by atomic mass is 10.1. The minimum Gasteiger partial charge on any atom is -0.378 e. The van der Waals surface area contributed by atoms with Gasteiger partial charge in [-0.05, 0) is 13.8 Å². The second kappa shape index (κ2) is 6.46. The van der Waals surface area contributed by atoms with Crippen molar-refractivity contribution >= 4 is 5.91 Å². The van der Waals surface area contributed by atoms with Gasteiger partial charge in [0.05, 0.1) is 25.7 Å². The molecule has 0 bridgehead atoms. The normalized spacial score (nSPS) is 23.4. The van der Waals surface area contributed by atoms with Gasteiger partial charge < -0.3 is 10.1 Å². The molecule has 1 heterocycles. The summed E-state index contributed by atoms with van der Waals surface area (Å²) in [6.07, 6.45) is 0.440. The maximum Gasteiger partial charge on any atom is 0.239 e. The Morgan fingerprint density at radius 2 is 2.50 bits per heavy atom. The number of nitrogens with one attached hydrogen (secondary N) is 1. The van der Waals surface area contributed by atoms with Crippen molar-refractivity contribution in [2.45, 2.75) is 32.4 Å². The van der Waals surface area contributed by atoms with Gasteiger partial charge in [0.2, 0.25) is 5.91 Å². The smallest absolute Gasteiger partial charge is 0.239 e. The standard InChI is InChI=1S/C11H19N3O2/c1-3-13-11(15)10-8-16-7-6-14(10)9(2)4-5-12/h9-10H,3-4,6-8H2,1-2H3,(H,13,15). The maximum atomic E-state index is 11.8. The van der Waals surface area contributed by atoms with Crippen molar-refractivity contribution in [1.82, 2.24) is 10.2 Å². The Kier molecular flexibility index (Phi) is 5.23. The molecule has 1 aliphatic heterocycles. The Balaban J connectivity index is 2.63. The number of nitriles is 1. The SMILES string of the molecule is CCNC(=O)C1COCCN1C(C)CC#N. The zero-order valence-corrected chi connectivity index (χ0v) is 9.90. The van der Waals surface area contributed by atoms with E-state index in [0.717, 1.165) is 0 Å². The molecule has 2 unspecified atom stereocenters. The lowest BCUT2D eigenvalue weighted by Gasteiger charge is -2.37. The van der Waals surface area contributed by atoms with Crippen molar-refractivity contribution in [3.8, 4) is 6.07 Å². The predicted molar refractivity (Wildman–Crippen MR) is 59.7 cm³/mol. The summed E-state index contributed by atoms with van der Waals surface area (Å²) >= 11 is 0. The van der Waals surface area contributed by atoms with E-state index in [1.165, 1.54) is 0 Å². The van der Waals surface area contributed by atoms with Crippen molar-refractivity contribution in [2.75, 3.05) is 26.3 Å². The van der Waals surface area contributed by atoms with Crippen LogP contribution in [0, 0.1) is 11.3 Å². The predicted octanol–water partition coefficient (Wildman–Crippen LogP) is 0.125. The number of nitrogens with zero attached hydrogens (tertiary/aromatic N) is 2. The molecule has 0 aromatic rings. The Hall–Kier alpha value is -1.12. The van der Waals surface area contributed by atoms with Crippen LogP contribution < -0.4 is 5.32 Å². The van der Waals surface area contributed by atoms with Crippen molar-refractivity contribution in [3.63, 3.8) is 0 Å². The van der Waals surface area contributed by atoms with Crippen molar-refractivity contribution in [2.24, 2.45) is 0 Å². The number of amides is 1. The fourth-order valence-corrected chi connectivity index (χ4v) is 1.91. The molecule has 5 heteroatoms. The van der Waals surface area contributed by atoms with Crippen LogP contribution in [0.1, 0.15) is 20.3 Å². The van der Waals surface area contributed by atoms with Crippen LogP contribution in [0.3, 0.4) is 0 Å². The summed E-state index contributed by atoms with van der Waals surface area (Å²) in [5, 5.41) is 11.5. The van der Waals surface area contributed by atoms with Crippen molar-refractivity contribution in [3.05, 3.63) is 0 Å². The van der Waals surface area contributed by atoms with Crippen LogP contribution in [0.5, 0.6) is 0 Å². The van der Waals surface area contributed by atoms with Crippen LogP contribution >= 0.6 is 0 Å². The van der Waals surface area contributed by atoms with Gasteiger partial charge in [0.25, 0.3) is 0 Å². The molecule has 0 radical (unpaired) electrons. The van der Waals surface area contributed by atoms with Gasteiger partial charge in [0, 0.05) is 19.1 Å². The van der Waals surface area contributed by atoms with Gasteiger partial charge in [-0.2, -0.15) is 5.26 Å².